The predicted molar refractivity (Wildman–Crippen MR) is 75.1 cm³/mol. The van der Waals surface area contributed by atoms with Gasteiger partial charge in [0.05, 0.1) is 11.8 Å². The fourth-order valence-electron chi connectivity index (χ4n) is 2.95. The Hall–Kier alpha value is -2.31. The lowest BCUT2D eigenvalue weighted by atomic mass is 9.82. The Morgan fingerprint density at radius 1 is 1.14 bits per heavy atom. The van der Waals surface area contributed by atoms with Gasteiger partial charge in [-0.2, -0.15) is 5.10 Å². The van der Waals surface area contributed by atoms with Crippen LogP contribution in [0.2, 0.25) is 0 Å². The number of imide groups is 1. The lowest BCUT2D eigenvalue weighted by Gasteiger charge is -2.29. The van der Waals surface area contributed by atoms with Crippen molar-refractivity contribution in [3.63, 3.8) is 0 Å². The van der Waals surface area contributed by atoms with Gasteiger partial charge in [-0.1, -0.05) is 25.3 Å². The van der Waals surface area contributed by atoms with Crippen LogP contribution in [0, 0.1) is 11.6 Å². The van der Waals surface area contributed by atoms with E-state index in [0.29, 0.717) is 17.9 Å². The van der Waals surface area contributed by atoms with Gasteiger partial charge < -0.3 is 5.32 Å². The molecule has 1 aromatic rings. The minimum Gasteiger partial charge on any atom is -0.321 e. The summed E-state index contributed by atoms with van der Waals surface area (Å²) in [7, 11) is 0. The van der Waals surface area contributed by atoms with Gasteiger partial charge in [0.2, 0.25) is 0 Å². The van der Waals surface area contributed by atoms with Gasteiger partial charge >= 0.3 is 6.03 Å². The SMILES string of the molecule is O=C1NC2(CCCCC2)C(=O)N1N=Cc1c(F)cccc1F. The van der Waals surface area contributed by atoms with Crippen LogP contribution in [0.4, 0.5) is 13.6 Å². The molecule has 1 aliphatic carbocycles. The van der Waals surface area contributed by atoms with Crippen LogP contribution < -0.4 is 5.32 Å². The molecule has 0 bridgehead atoms. The number of amides is 3. The second-order valence-corrected chi connectivity index (χ2v) is 5.57. The third kappa shape index (κ3) is 2.36. The van der Waals surface area contributed by atoms with Gasteiger partial charge in [-0.05, 0) is 25.0 Å². The average Bonchev–Trinajstić information content (AvgIpc) is 2.71. The van der Waals surface area contributed by atoms with Crippen LogP contribution >= 0.6 is 0 Å². The molecule has 1 heterocycles. The van der Waals surface area contributed by atoms with Gasteiger partial charge in [0.1, 0.15) is 17.2 Å². The highest BCUT2D eigenvalue weighted by Gasteiger charge is 2.51. The third-order valence-corrected chi connectivity index (χ3v) is 4.15. The fourth-order valence-corrected chi connectivity index (χ4v) is 2.95. The number of urea groups is 1. The van der Waals surface area contributed by atoms with Crippen LogP contribution in [0.1, 0.15) is 37.7 Å². The number of halogens is 2. The molecule has 1 aromatic carbocycles. The van der Waals surface area contributed by atoms with Crippen molar-refractivity contribution in [3.05, 3.63) is 35.4 Å². The summed E-state index contributed by atoms with van der Waals surface area (Å²) < 4.78 is 27.1. The van der Waals surface area contributed by atoms with E-state index in [1.165, 1.54) is 6.07 Å². The largest absolute Gasteiger partial charge is 0.346 e. The second-order valence-electron chi connectivity index (χ2n) is 5.57. The normalized spacial score (nSPS) is 20.9. The minimum atomic E-state index is -0.902. The Morgan fingerprint density at radius 2 is 1.77 bits per heavy atom. The van der Waals surface area contributed by atoms with Gasteiger partial charge in [0, 0.05) is 0 Å². The summed E-state index contributed by atoms with van der Waals surface area (Å²) >= 11 is 0. The zero-order valence-corrected chi connectivity index (χ0v) is 11.8. The first-order valence-electron chi connectivity index (χ1n) is 7.18. The molecule has 3 rings (SSSR count). The quantitative estimate of drug-likeness (QED) is 0.674. The molecule has 2 fully saturated rings. The van der Waals surface area contributed by atoms with Gasteiger partial charge in [-0.25, -0.2) is 13.6 Å². The van der Waals surface area contributed by atoms with Crippen LogP contribution in [0.3, 0.4) is 0 Å². The van der Waals surface area contributed by atoms with E-state index in [9.17, 15) is 18.4 Å². The number of nitrogens with one attached hydrogen (secondary N) is 1. The number of rotatable bonds is 2. The Labute approximate surface area is 126 Å². The Balaban J connectivity index is 1.85. The van der Waals surface area contributed by atoms with E-state index >= 15 is 0 Å². The molecule has 5 nitrogen and oxygen atoms in total. The summed E-state index contributed by atoms with van der Waals surface area (Å²) in [5.74, 6) is -2.06. The molecule has 1 saturated carbocycles. The summed E-state index contributed by atoms with van der Waals surface area (Å²) in [6.45, 7) is 0. The summed E-state index contributed by atoms with van der Waals surface area (Å²) in [6.07, 6.45) is 4.73. The zero-order chi connectivity index (χ0) is 15.7. The summed E-state index contributed by atoms with van der Waals surface area (Å²) in [6, 6.07) is 2.74. The van der Waals surface area contributed by atoms with Crippen LogP contribution in [-0.2, 0) is 4.79 Å². The number of hydrazone groups is 1. The van der Waals surface area contributed by atoms with Crippen LogP contribution in [0.25, 0.3) is 0 Å². The van der Waals surface area contributed by atoms with E-state index < -0.39 is 29.1 Å². The average molecular weight is 307 g/mol. The Kier molecular flexibility index (Phi) is 3.64. The van der Waals surface area contributed by atoms with Crippen molar-refractivity contribution in [3.8, 4) is 0 Å². The van der Waals surface area contributed by atoms with Crippen LogP contribution in [-0.4, -0.2) is 28.7 Å². The molecule has 1 N–H and O–H groups in total. The highest BCUT2D eigenvalue weighted by molar-refractivity contribution is 6.07. The van der Waals surface area contributed by atoms with Crippen molar-refractivity contribution in [1.82, 2.24) is 10.3 Å². The first kappa shape index (κ1) is 14.6. The summed E-state index contributed by atoms with van der Waals surface area (Å²) in [5, 5.41) is 7.03. The van der Waals surface area contributed by atoms with E-state index in [4.69, 9.17) is 0 Å². The third-order valence-electron chi connectivity index (χ3n) is 4.15. The topological polar surface area (TPSA) is 61.8 Å². The van der Waals surface area contributed by atoms with Gasteiger partial charge in [0.15, 0.2) is 0 Å². The second kappa shape index (κ2) is 5.47. The minimum absolute atomic E-state index is 0.382. The maximum Gasteiger partial charge on any atom is 0.346 e. The number of carbonyl (C=O) groups excluding carboxylic acids is 2. The Bertz CT molecular complexity index is 634. The van der Waals surface area contributed by atoms with E-state index in [0.717, 1.165) is 37.6 Å². The number of hydrogen-bond donors (Lipinski definition) is 1. The smallest absolute Gasteiger partial charge is 0.321 e. The molecule has 7 heteroatoms. The molecule has 3 amide bonds. The van der Waals surface area contributed by atoms with E-state index in [1.807, 2.05) is 0 Å². The number of hydrogen-bond acceptors (Lipinski definition) is 3. The van der Waals surface area contributed by atoms with E-state index in [2.05, 4.69) is 10.4 Å². The highest BCUT2D eigenvalue weighted by Crippen LogP contribution is 2.33. The molecule has 0 unspecified atom stereocenters. The van der Waals surface area contributed by atoms with Crippen molar-refractivity contribution in [2.75, 3.05) is 0 Å². The van der Waals surface area contributed by atoms with Crippen molar-refractivity contribution in [2.24, 2.45) is 5.10 Å². The molecule has 0 atom stereocenters. The van der Waals surface area contributed by atoms with Gasteiger partial charge in [-0.15, -0.1) is 5.01 Å². The molecule has 1 saturated heterocycles. The lowest BCUT2D eigenvalue weighted by molar-refractivity contribution is -0.132. The standard InChI is InChI=1S/C15H15F2N3O2/c16-11-5-4-6-12(17)10(11)9-18-20-13(21)15(19-14(20)22)7-2-1-3-8-15/h4-6,9H,1-3,7-8H2,(H,19,22). The van der Waals surface area contributed by atoms with Crippen molar-refractivity contribution < 1.29 is 18.4 Å². The van der Waals surface area contributed by atoms with E-state index in [-0.39, 0.29) is 5.56 Å². The van der Waals surface area contributed by atoms with Crippen molar-refractivity contribution in [1.29, 1.82) is 0 Å². The number of carbonyl (C=O) groups is 2. The van der Waals surface area contributed by atoms with Gasteiger partial charge in [-0.3, -0.25) is 4.79 Å². The molecule has 0 radical (unpaired) electrons. The fraction of sp³-hybridized carbons (Fsp3) is 0.400. The molecular formula is C15H15F2N3O2. The number of benzene rings is 1. The molecule has 22 heavy (non-hydrogen) atoms. The molecule has 0 aromatic heterocycles. The van der Waals surface area contributed by atoms with Gasteiger partial charge in [0.25, 0.3) is 5.91 Å². The van der Waals surface area contributed by atoms with Crippen LogP contribution in [0.15, 0.2) is 23.3 Å². The first-order valence-corrected chi connectivity index (χ1v) is 7.18. The summed E-state index contributed by atoms with van der Waals surface area (Å²) in [5.41, 5.74) is -1.28. The summed E-state index contributed by atoms with van der Waals surface area (Å²) in [4.78, 5) is 24.4. The maximum atomic E-state index is 13.5. The van der Waals surface area contributed by atoms with Crippen LogP contribution in [0.5, 0.6) is 0 Å². The predicted octanol–water partition coefficient (Wildman–Crippen LogP) is 2.55. The van der Waals surface area contributed by atoms with Crippen molar-refractivity contribution >= 4 is 18.2 Å². The number of nitrogens with zero attached hydrogens (tertiary/aromatic N) is 2. The Morgan fingerprint density at radius 3 is 2.41 bits per heavy atom. The molecule has 116 valence electrons. The molecule has 2 aliphatic rings. The molecular weight excluding hydrogens is 292 g/mol. The molecule has 1 aliphatic heterocycles. The zero-order valence-electron chi connectivity index (χ0n) is 11.8. The molecule has 1 spiro atoms. The lowest BCUT2D eigenvalue weighted by Crippen LogP contribution is -2.48. The monoisotopic (exact) mass is 307 g/mol. The maximum absolute atomic E-state index is 13.5. The highest BCUT2D eigenvalue weighted by atomic mass is 19.1. The first-order chi connectivity index (χ1) is 10.5. The van der Waals surface area contributed by atoms with Crippen molar-refractivity contribution in [2.45, 2.75) is 37.6 Å². The van der Waals surface area contributed by atoms with E-state index in [1.54, 1.807) is 0 Å².